The maximum absolute atomic E-state index is 13.1. The molecular weight excluding hydrogens is 393 g/mol. The number of hydrogen-bond donors (Lipinski definition) is 0. The third kappa shape index (κ3) is 4.01. The molecule has 2 fully saturated rings. The first kappa shape index (κ1) is 19.6. The monoisotopic (exact) mass is 417 g/mol. The number of carbonyl (C=O) groups is 1. The van der Waals surface area contributed by atoms with Gasteiger partial charge in [0.15, 0.2) is 0 Å². The Morgan fingerprint density at radius 1 is 0.964 bits per heavy atom. The van der Waals surface area contributed by atoms with Gasteiger partial charge in [0.1, 0.15) is 12.4 Å². The molecule has 0 bridgehead atoms. The summed E-state index contributed by atoms with van der Waals surface area (Å²) in [5.74, 6) is 0.919. The van der Waals surface area contributed by atoms with Gasteiger partial charge in [0.2, 0.25) is 5.91 Å². The minimum absolute atomic E-state index is 0.129. The van der Waals surface area contributed by atoms with Crippen LogP contribution < -0.4 is 4.74 Å². The Kier molecular flexibility index (Phi) is 5.84. The van der Waals surface area contributed by atoms with Crippen LogP contribution in [0.2, 0.25) is 10.0 Å². The lowest BCUT2D eigenvalue weighted by Gasteiger charge is -2.31. The number of nitrogens with zero attached hydrogens (tertiary/aromatic N) is 1. The summed E-state index contributed by atoms with van der Waals surface area (Å²) in [6.45, 7) is 1.72. The number of hydrogen-bond acceptors (Lipinski definition) is 2. The number of amides is 1. The van der Waals surface area contributed by atoms with Crippen molar-refractivity contribution in [1.29, 1.82) is 0 Å². The van der Waals surface area contributed by atoms with Crippen LogP contribution in [0.1, 0.15) is 49.7 Å². The van der Waals surface area contributed by atoms with Crippen LogP contribution in [0.5, 0.6) is 5.75 Å². The van der Waals surface area contributed by atoms with E-state index in [1.807, 2.05) is 35.2 Å². The molecule has 148 valence electrons. The fourth-order valence-electron chi connectivity index (χ4n) is 4.48. The van der Waals surface area contributed by atoms with Crippen LogP contribution in [0.4, 0.5) is 0 Å². The number of carbonyl (C=O) groups excluding carboxylic acids is 1. The Labute approximate surface area is 176 Å². The number of benzene rings is 2. The number of likely N-dealkylation sites (tertiary alicyclic amines) is 1. The maximum atomic E-state index is 13.1. The van der Waals surface area contributed by atoms with Crippen LogP contribution in [-0.4, -0.2) is 17.4 Å². The zero-order valence-corrected chi connectivity index (χ0v) is 17.4. The zero-order chi connectivity index (χ0) is 19.6. The fraction of sp³-hybridized carbons (Fsp3) is 0.435. The van der Waals surface area contributed by atoms with E-state index in [9.17, 15) is 4.79 Å². The highest BCUT2D eigenvalue weighted by Crippen LogP contribution is 2.45. The summed E-state index contributed by atoms with van der Waals surface area (Å²) in [4.78, 5) is 15.0. The van der Waals surface area contributed by atoms with Gasteiger partial charge in [-0.3, -0.25) is 4.79 Å². The van der Waals surface area contributed by atoms with Crippen molar-refractivity contribution < 1.29 is 9.53 Å². The molecule has 1 spiro atoms. The smallest absolute Gasteiger partial charge is 0.229 e. The van der Waals surface area contributed by atoms with E-state index in [-0.39, 0.29) is 11.3 Å². The summed E-state index contributed by atoms with van der Waals surface area (Å²) in [5.41, 5.74) is 1.76. The molecule has 0 radical (unpaired) electrons. The SMILES string of the molecule is O=C1N(Cc2c(Cl)cc(OCc3ccccc3)cc2Cl)CCC12CCCCC2. The molecule has 2 aliphatic rings. The number of rotatable bonds is 5. The molecular formula is C23H25Cl2NO2. The van der Waals surface area contributed by atoms with Crippen molar-refractivity contribution in [3.63, 3.8) is 0 Å². The van der Waals surface area contributed by atoms with E-state index in [2.05, 4.69) is 0 Å². The second-order valence-corrected chi connectivity index (χ2v) is 8.77. The predicted molar refractivity (Wildman–Crippen MR) is 113 cm³/mol. The molecule has 0 N–H and O–H groups in total. The van der Waals surface area contributed by atoms with Gasteiger partial charge < -0.3 is 9.64 Å². The fourth-order valence-corrected chi connectivity index (χ4v) is 5.07. The molecule has 1 saturated carbocycles. The molecule has 1 heterocycles. The average molecular weight is 418 g/mol. The van der Waals surface area contributed by atoms with Gasteiger partial charge in [0.05, 0.1) is 15.5 Å². The van der Waals surface area contributed by atoms with Crippen molar-refractivity contribution in [3.8, 4) is 5.75 Å². The van der Waals surface area contributed by atoms with Crippen LogP contribution in [0.25, 0.3) is 0 Å². The molecule has 1 amide bonds. The van der Waals surface area contributed by atoms with E-state index in [0.29, 0.717) is 28.9 Å². The third-order valence-corrected chi connectivity index (χ3v) is 6.80. The molecule has 0 atom stereocenters. The van der Waals surface area contributed by atoms with Crippen molar-refractivity contribution in [3.05, 3.63) is 63.6 Å². The Balaban J connectivity index is 1.44. The van der Waals surface area contributed by atoms with Gasteiger partial charge in [0, 0.05) is 18.7 Å². The summed E-state index contributed by atoms with van der Waals surface area (Å²) in [5, 5.41) is 1.10. The number of halogens is 2. The Morgan fingerprint density at radius 2 is 1.64 bits per heavy atom. The molecule has 28 heavy (non-hydrogen) atoms. The first-order chi connectivity index (χ1) is 13.6. The molecule has 1 aliphatic carbocycles. The highest BCUT2D eigenvalue weighted by atomic mass is 35.5. The van der Waals surface area contributed by atoms with Crippen LogP contribution >= 0.6 is 23.2 Å². The van der Waals surface area contributed by atoms with Crippen molar-refractivity contribution in [2.24, 2.45) is 5.41 Å². The van der Waals surface area contributed by atoms with Crippen molar-refractivity contribution in [1.82, 2.24) is 4.90 Å². The first-order valence-electron chi connectivity index (χ1n) is 10.0. The lowest BCUT2D eigenvalue weighted by Crippen LogP contribution is -2.35. The Bertz CT molecular complexity index is 824. The van der Waals surface area contributed by atoms with Gasteiger partial charge in [-0.05, 0) is 37.0 Å². The van der Waals surface area contributed by atoms with E-state index in [4.69, 9.17) is 27.9 Å². The lowest BCUT2D eigenvalue weighted by atomic mass is 9.73. The van der Waals surface area contributed by atoms with Crippen molar-refractivity contribution in [2.45, 2.75) is 51.7 Å². The first-order valence-corrected chi connectivity index (χ1v) is 10.8. The minimum atomic E-state index is -0.129. The van der Waals surface area contributed by atoms with Gasteiger partial charge in [-0.1, -0.05) is 72.8 Å². The molecule has 0 unspecified atom stereocenters. The summed E-state index contributed by atoms with van der Waals surface area (Å²) >= 11 is 13.0. The largest absolute Gasteiger partial charge is 0.489 e. The van der Waals surface area contributed by atoms with Gasteiger partial charge in [0.25, 0.3) is 0 Å². The molecule has 1 saturated heterocycles. The second-order valence-electron chi connectivity index (χ2n) is 7.96. The van der Waals surface area contributed by atoms with Crippen LogP contribution in [0, 0.1) is 5.41 Å². The predicted octanol–water partition coefficient (Wildman–Crippen LogP) is 6.26. The highest BCUT2D eigenvalue weighted by Gasteiger charge is 2.46. The molecule has 3 nitrogen and oxygen atoms in total. The van der Waals surface area contributed by atoms with Gasteiger partial charge in [-0.15, -0.1) is 0 Å². The topological polar surface area (TPSA) is 29.5 Å². The van der Waals surface area contributed by atoms with Crippen LogP contribution in [0.15, 0.2) is 42.5 Å². The molecule has 5 heteroatoms. The van der Waals surface area contributed by atoms with E-state index >= 15 is 0 Å². The van der Waals surface area contributed by atoms with E-state index in [0.717, 1.165) is 49.8 Å². The third-order valence-electron chi connectivity index (χ3n) is 6.12. The van der Waals surface area contributed by atoms with E-state index < -0.39 is 0 Å². The minimum Gasteiger partial charge on any atom is -0.489 e. The van der Waals surface area contributed by atoms with E-state index in [1.54, 1.807) is 12.1 Å². The van der Waals surface area contributed by atoms with Crippen LogP contribution in [0.3, 0.4) is 0 Å². The second kappa shape index (κ2) is 8.34. The standard InChI is InChI=1S/C23H25Cl2NO2/c24-20-13-18(28-16-17-7-3-1-4-8-17)14-21(25)19(20)15-26-12-11-23(22(26)27)9-5-2-6-10-23/h1,3-4,7-8,13-14H,2,5-6,9-12,15-16H2. The summed E-state index contributed by atoms with van der Waals surface area (Å²) in [7, 11) is 0. The summed E-state index contributed by atoms with van der Waals surface area (Å²) in [6.07, 6.45) is 6.58. The average Bonchev–Trinajstić information content (AvgIpc) is 3.00. The Hall–Kier alpha value is -1.71. The highest BCUT2D eigenvalue weighted by molar-refractivity contribution is 6.36. The molecule has 2 aromatic rings. The lowest BCUT2D eigenvalue weighted by molar-refractivity contribution is -0.138. The molecule has 4 rings (SSSR count). The molecule has 2 aromatic carbocycles. The molecule has 1 aliphatic heterocycles. The van der Waals surface area contributed by atoms with E-state index in [1.165, 1.54) is 6.42 Å². The summed E-state index contributed by atoms with van der Waals surface area (Å²) in [6, 6.07) is 13.5. The zero-order valence-electron chi connectivity index (χ0n) is 15.9. The van der Waals surface area contributed by atoms with Gasteiger partial charge in [-0.2, -0.15) is 0 Å². The van der Waals surface area contributed by atoms with Gasteiger partial charge >= 0.3 is 0 Å². The molecule has 0 aromatic heterocycles. The normalized spacial score (nSPS) is 18.6. The maximum Gasteiger partial charge on any atom is 0.229 e. The van der Waals surface area contributed by atoms with Gasteiger partial charge in [-0.25, -0.2) is 0 Å². The van der Waals surface area contributed by atoms with Crippen molar-refractivity contribution in [2.75, 3.05) is 6.54 Å². The Morgan fingerprint density at radius 3 is 2.32 bits per heavy atom. The summed E-state index contributed by atoms with van der Waals surface area (Å²) < 4.78 is 5.84. The van der Waals surface area contributed by atoms with Crippen LogP contribution in [-0.2, 0) is 17.9 Å². The quantitative estimate of drug-likeness (QED) is 0.574. The van der Waals surface area contributed by atoms with Crippen molar-refractivity contribution >= 4 is 29.1 Å². The number of ether oxygens (including phenoxy) is 1.